The van der Waals surface area contributed by atoms with Crippen LogP contribution in [-0.2, 0) is 9.47 Å². The first-order valence-electron chi connectivity index (χ1n) is 6.35. The molecule has 0 aliphatic carbocycles. The predicted molar refractivity (Wildman–Crippen MR) is 66.6 cm³/mol. The molecule has 0 N–H and O–H groups in total. The van der Waals surface area contributed by atoms with E-state index in [0.717, 1.165) is 31.6 Å². The highest BCUT2D eigenvalue weighted by molar-refractivity contribution is 5.89. The van der Waals surface area contributed by atoms with Crippen molar-refractivity contribution in [1.82, 2.24) is 0 Å². The van der Waals surface area contributed by atoms with Gasteiger partial charge in [0.25, 0.3) is 0 Å². The van der Waals surface area contributed by atoms with Gasteiger partial charge in [0.2, 0.25) is 0 Å². The maximum atomic E-state index is 11.5. The monoisotopic (exact) mass is 250 g/mol. The molecule has 0 bridgehead atoms. The summed E-state index contributed by atoms with van der Waals surface area (Å²) in [5.74, 6) is 0.410. The molecule has 1 aromatic rings. The smallest absolute Gasteiger partial charge is 0.338 e. The van der Waals surface area contributed by atoms with Crippen LogP contribution in [0.15, 0.2) is 24.3 Å². The van der Waals surface area contributed by atoms with Gasteiger partial charge in [0, 0.05) is 6.42 Å². The van der Waals surface area contributed by atoms with Gasteiger partial charge in [0.1, 0.15) is 5.75 Å². The zero-order valence-corrected chi connectivity index (χ0v) is 10.6. The predicted octanol–water partition coefficient (Wildman–Crippen LogP) is 2.77. The molecule has 0 spiro atoms. The quantitative estimate of drug-likeness (QED) is 0.771. The molecule has 2 rings (SSSR count). The first-order valence-corrected chi connectivity index (χ1v) is 6.35. The van der Waals surface area contributed by atoms with Gasteiger partial charge >= 0.3 is 5.97 Å². The summed E-state index contributed by atoms with van der Waals surface area (Å²) in [6, 6.07) is 6.95. The molecule has 1 aliphatic rings. The van der Waals surface area contributed by atoms with E-state index in [4.69, 9.17) is 14.2 Å². The molecular weight excluding hydrogens is 232 g/mol. The first kappa shape index (κ1) is 12.9. The molecule has 1 heterocycles. The number of esters is 1. The minimum Gasteiger partial charge on any atom is -0.465 e. The molecule has 1 aromatic carbocycles. The van der Waals surface area contributed by atoms with E-state index in [-0.39, 0.29) is 12.3 Å². The molecule has 98 valence electrons. The van der Waals surface area contributed by atoms with E-state index in [9.17, 15) is 4.79 Å². The lowest BCUT2D eigenvalue weighted by atomic mass is 10.2. The lowest BCUT2D eigenvalue weighted by Crippen LogP contribution is -2.24. The Morgan fingerprint density at radius 3 is 2.72 bits per heavy atom. The average molecular weight is 250 g/mol. The summed E-state index contributed by atoms with van der Waals surface area (Å²) in [4.78, 5) is 11.5. The number of rotatable bonds is 4. The molecule has 4 heteroatoms. The van der Waals surface area contributed by atoms with Crippen LogP contribution in [0.25, 0.3) is 0 Å². The van der Waals surface area contributed by atoms with Crippen molar-refractivity contribution in [3.05, 3.63) is 29.8 Å². The summed E-state index contributed by atoms with van der Waals surface area (Å²) in [7, 11) is 0. The van der Waals surface area contributed by atoms with Gasteiger partial charge in [0.05, 0.1) is 18.8 Å². The van der Waals surface area contributed by atoms with Gasteiger partial charge in [-0.3, -0.25) is 0 Å². The Hall–Kier alpha value is -1.55. The van der Waals surface area contributed by atoms with Gasteiger partial charge in [-0.05, 0) is 44.0 Å². The van der Waals surface area contributed by atoms with Crippen LogP contribution in [0.3, 0.4) is 0 Å². The van der Waals surface area contributed by atoms with Gasteiger partial charge in [-0.25, -0.2) is 4.79 Å². The number of benzene rings is 1. The van der Waals surface area contributed by atoms with Crippen LogP contribution in [-0.4, -0.2) is 25.5 Å². The fraction of sp³-hybridized carbons (Fsp3) is 0.500. The van der Waals surface area contributed by atoms with Crippen LogP contribution in [0.4, 0.5) is 0 Å². The molecule has 1 unspecified atom stereocenters. The topological polar surface area (TPSA) is 44.8 Å². The molecule has 0 amide bonds. The fourth-order valence-corrected chi connectivity index (χ4v) is 1.84. The highest BCUT2D eigenvalue weighted by atomic mass is 16.7. The van der Waals surface area contributed by atoms with Gasteiger partial charge in [-0.1, -0.05) is 0 Å². The highest BCUT2D eigenvalue weighted by Crippen LogP contribution is 2.19. The van der Waals surface area contributed by atoms with E-state index < -0.39 is 0 Å². The van der Waals surface area contributed by atoms with Crippen LogP contribution in [0, 0.1) is 0 Å². The van der Waals surface area contributed by atoms with Crippen molar-refractivity contribution in [2.24, 2.45) is 0 Å². The summed E-state index contributed by atoms with van der Waals surface area (Å²) in [5, 5.41) is 0. The van der Waals surface area contributed by atoms with Gasteiger partial charge in [0.15, 0.2) is 6.29 Å². The van der Waals surface area contributed by atoms with Crippen molar-refractivity contribution in [2.45, 2.75) is 32.5 Å². The Labute approximate surface area is 107 Å². The Kier molecular flexibility index (Phi) is 4.59. The van der Waals surface area contributed by atoms with Crippen LogP contribution in [0.5, 0.6) is 5.75 Å². The van der Waals surface area contributed by atoms with Crippen molar-refractivity contribution < 1.29 is 19.0 Å². The van der Waals surface area contributed by atoms with E-state index in [2.05, 4.69) is 0 Å². The molecule has 0 aromatic heterocycles. The first-order chi connectivity index (χ1) is 8.79. The van der Waals surface area contributed by atoms with Crippen LogP contribution in [0.2, 0.25) is 0 Å². The number of carbonyl (C=O) groups excluding carboxylic acids is 1. The zero-order chi connectivity index (χ0) is 12.8. The third-order valence-electron chi connectivity index (χ3n) is 2.77. The minimum absolute atomic E-state index is 0.160. The average Bonchev–Trinajstić information content (AvgIpc) is 2.41. The Morgan fingerprint density at radius 2 is 2.11 bits per heavy atom. The summed E-state index contributed by atoms with van der Waals surface area (Å²) >= 11 is 0. The normalized spacial score (nSPS) is 19.3. The van der Waals surface area contributed by atoms with Crippen molar-refractivity contribution >= 4 is 5.97 Å². The van der Waals surface area contributed by atoms with E-state index in [1.54, 1.807) is 31.2 Å². The van der Waals surface area contributed by atoms with Crippen LogP contribution < -0.4 is 4.74 Å². The summed E-state index contributed by atoms with van der Waals surface area (Å²) in [6.07, 6.45) is 2.99. The molecule has 1 aliphatic heterocycles. The van der Waals surface area contributed by atoms with E-state index in [1.807, 2.05) is 0 Å². The van der Waals surface area contributed by atoms with Crippen molar-refractivity contribution in [3.8, 4) is 5.75 Å². The number of hydrogen-bond acceptors (Lipinski definition) is 4. The minimum atomic E-state index is -0.307. The molecule has 1 atom stereocenters. The molecule has 18 heavy (non-hydrogen) atoms. The van der Waals surface area contributed by atoms with Crippen molar-refractivity contribution in [2.75, 3.05) is 13.2 Å². The summed E-state index contributed by atoms with van der Waals surface area (Å²) in [5.41, 5.74) is 0.536. The Balaban J connectivity index is 1.92. The lowest BCUT2D eigenvalue weighted by Gasteiger charge is -2.23. The highest BCUT2D eigenvalue weighted by Gasteiger charge is 2.15. The van der Waals surface area contributed by atoms with Crippen molar-refractivity contribution in [1.29, 1.82) is 0 Å². The molecule has 1 fully saturated rings. The third kappa shape index (κ3) is 3.47. The Morgan fingerprint density at radius 1 is 1.33 bits per heavy atom. The number of ether oxygens (including phenoxy) is 3. The third-order valence-corrected chi connectivity index (χ3v) is 2.77. The largest absolute Gasteiger partial charge is 0.465 e. The molecular formula is C14H18O4. The molecule has 0 saturated carbocycles. The zero-order valence-electron chi connectivity index (χ0n) is 10.6. The summed E-state index contributed by atoms with van der Waals surface area (Å²) < 4.78 is 16.1. The van der Waals surface area contributed by atoms with Crippen LogP contribution >= 0.6 is 0 Å². The van der Waals surface area contributed by atoms with E-state index >= 15 is 0 Å². The fourth-order valence-electron chi connectivity index (χ4n) is 1.84. The van der Waals surface area contributed by atoms with E-state index in [0.29, 0.717) is 12.2 Å². The second-order valence-corrected chi connectivity index (χ2v) is 4.16. The standard InChI is InChI=1S/C14H18O4/c1-2-16-14(15)11-6-8-12(9-7-11)18-13-5-3-4-10-17-13/h6-9,13H,2-5,10H2,1H3. The van der Waals surface area contributed by atoms with E-state index in [1.165, 1.54) is 0 Å². The molecule has 4 nitrogen and oxygen atoms in total. The molecule has 1 saturated heterocycles. The van der Waals surface area contributed by atoms with Crippen LogP contribution in [0.1, 0.15) is 36.5 Å². The Bertz CT molecular complexity index is 379. The summed E-state index contributed by atoms with van der Waals surface area (Å²) in [6.45, 7) is 2.92. The maximum absolute atomic E-state index is 11.5. The van der Waals surface area contributed by atoms with Gasteiger partial charge in [-0.15, -0.1) is 0 Å². The van der Waals surface area contributed by atoms with Gasteiger partial charge < -0.3 is 14.2 Å². The SMILES string of the molecule is CCOC(=O)c1ccc(OC2CCCCO2)cc1. The number of hydrogen-bond donors (Lipinski definition) is 0. The second-order valence-electron chi connectivity index (χ2n) is 4.16. The lowest BCUT2D eigenvalue weighted by molar-refractivity contribution is -0.105. The number of carbonyl (C=O) groups is 1. The van der Waals surface area contributed by atoms with Crippen molar-refractivity contribution in [3.63, 3.8) is 0 Å². The molecule has 0 radical (unpaired) electrons. The van der Waals surface area contributed by atoms with Gasteiger partial charge in [-0.2, -0.15) is 0 Å². The maximum Gasteiger partial charge on any atom is 0.338 e. The second kappa shape index (κ2) is 6.40.